The summed E-state index contributed by atoms with van der Waals surface area (Å²) in [5.74, 6) is -1.99. The molecular weight excluding hydrogens is 228 g/mol. The van der Waals surface area contributed by atoms with Gasteiger partial charge in [0.25, 0.3) is 0 Å². The summed E-state index contributed by atoms with van der Waals surface area (Å²) in [5.41, 5.74) is 0. The molecule has 1 aliphatic rings. The summed E-state index contributed by atoms with van der Waals surface area (Å²) < 4.78 is 0. The van der Waals surface area contributed by atoms with E-state index < -0.39 is 24.0 Å². The minimum atomic E-state index is -1.35. The molecule has 0 radical (unpaired) electrons. The highest BCUT2D eigenvalue weighted by Crippen LogP contribution is 2.08. The van der Waals surface area contributed by atoms with E-state index in [1.807, 2.05) is 0 Å². The van der Waals surface area contributed by atoms with Crippen LogP contribution in [0.5, 0.6) is 0 Å². The van der Waals surface area contributed by atoms with Crippen molar-refractivity contribution in [3.8, 4) is 0 Å². The van der Waals surface area contributed by atoms with Crippen molar-refractivity contribution in [2.75, 3.05) is 13.1 Å². The highest BCUT2D eigenvalue weighted by molar-refractivity contribution is 5.88. The number of nitrogens with zero attached hydrogens (tertiary/aromatic N) is 1. The Morgan fingerprint density at radius 2 is 2.18 bits per heavy atom. The van der Waals surface area contributed by atoms with Crippen LogP contribution in [0.4, 0.5) is 0 Å². The Morgan fingerprint density at radius 3 is 2.59 bits per heavy atom. The predicted octanol–water partition coefficient (Wildman–Crippen LogP) is -1.44. The molecule has 2 amide bonds. The molecular formula is C10H16N2O5. The molecule has 2 atom stereocenters. The lowest BCUT2D eigenvalue weighted by Gasteiger charge is -2.20. The number of carboxylic acids is 1. The molecule has 1 aliphatic heterocycles. The first-order valence-corrected chi connectivity index (χ1v) is 5.40. The predicted molar refractivity (Wildman–Crippen MR) is 57.1 cm³/mol. The fraction of sp³-hybridized carbons (Fsp3) is 0.700. The van der Waals surface area contributed by atoms with Crippen LogP contribution in [0.2, 0.25) is 0 Å². The molecule has 96 valence electrons. The maximum atomic E-state index is 11.5. The average molecular weight is 244 g/mol. The number of carboxylic acid groups (broad SMARTS) is 1. The second-order valence-electron chi connectivity index (χ2n) is 4.04. The molecule has 1 saturated heterocycles. The summed E-state index contributed by atoms with van der Waals surface area (Å²) in [6, 6.07) is -1.35. The number of likely N-dealkylation sites (tertiary alicyclic amines) is 1. The van der Waals surface area contributed by atoms with E-state index in [1.54, 1.807) is 0 Å². The lowest BCUT2D eigenvalue weighted by Crippen LogP contribution is -2.50. The van der Waals surface area contributed by atoms with E-state index >= 15 is 0 Å². The number of aliphatic hydroxyl groups is 1. The first-order valence-electron chi connectivity index (χ1n) is 5.40. The van der Waals surface area contributed by atoms with Gasteiger partial charge in [-0.25, -0.2) is 4.79 Å². The van der Waals surface area contributed by atoms with E-state index in [9.17, 15) is 14.4 Å². The molecule has 0 spiro atoms. The lowest BCUT2D eigenvalue weighted by molar-refractivity contribution is -0.145. The Hall–Kier alpha value is -1.63. The van der Waals surface area contributed by atoms with E-state index in [-0.39, 0.29) is 12.5 Å². The maximum absolute atomic E-state index is 11.5. The summed E-state index contributed by atoms with van der Waals surface area (Å²) in [5, 5.41) is 20.1. The number of hydrogen-bond acceptors (Lipinski definition) is 4. The Bertz CT molecular complexity index is 329. The minimum absolute atomic E-state index is 0.107. The molecule has 3 N–H and O–H groups in total. The minimum Gasteiger partial charge on any atom is -0.480 e. The van der Waals surface area contributed by atoms with Gasteiger partial charge >= 0.3 is 5.97 Å². The SMILES string of the molecule is C[C@@H](O)[C@H](NC(=O)CN1CCCC1=O)C(=O)O. The van der Waals surface area contributed by atoms with Crippen molar-refractivity contribution < 1.29 is 24.6 Å². The maximum Gasteiger partial charge on any atom is 0.328 e. The number of amides is 2. The highest BCUT2D eigenvalue weighted by atomic mass is 16.4. The molecule has 0 saturated carbocycles. The van der Waals surface area contributed by atoms with Gasteiger partial charge in [0, 0.05) is 13.0 Å². The van der Waals surface area contributed by atoms with Gasteiger partial charge < -0.3 is 20.4 Å². The monoisotopic (exact) mass is 244 g/mol. The fourth-order valence-corrected chi connectivity index (χ4v) is 1.65. The van der Waals surface area contributed by atoms with Crippen LogP contribution in [0.15, 0.2) is 0 Å². The van der Waals surface area contributed by atoms with E-state index in [0.717, 1.165) is 0 Å². The lowest BCUT2D eigenvalue weighted by atomic mass is 10.2. The quantitative estimate of drug-likeness (QED) is 0.549. The topological polar surface area (TPSA) is 107 Å². The van der Waals surface area contributed by atoms with E-state index in [0.29, 0.717) is 19.4 Å². The largest absolute Gasteiger partial charge is 0.480 e. The summed E-state index contributed by atoms with van der Waals surface area (Å²) in [4.78, 5) is 34.8. The Labute approximate surface area is 98.4 Å². The van der Waals surface area contributed by atoms with Gasteiger partial charge in [0.05, 0.1) is 12.6 Å². The Kier molecular flexibility index (Phi) is 4.45. The van der Waals surface area contributed by atoms with Crippen LogP contribution >= 0.6 is 0 Å². The van der Waals surface area contributed by atoms with Gasteiger partial charge in [0.2, 0.25) is 11.8 Å². The molecule has 17 heavy (non-hydrogen) atoms. The number of nitrogens with one attached hydrogen (secondary N) is 1. The molecule has 0 aromatic heterocycles. The molecule has 1 fully saturated rings. The Morgan fingerprint density at radius 1 is 1.53 bits per heavy atom. The zero-order chi connectivity index (χ0) is 13.0. The molecule has 0 aromatic rings. The molecule has 0 unspecified atom stereocenters. The molecule has 7 heteroatoms. The van der Waals surface area contributed by atoms with Gasteiger partial charge in [-0.2, -0.15) is 0 Å². The number of carbonyl (C=O) groups excluding carboxylic acids is 2. The Balaban J connectivity index is 2.47. The molecule has 0 bridgehead atoms. The van der Waals surface area contributed by atoms with Crippen molar-refractivity contribution in [2.45, 2.75) is 31.9 Å². The van der Waals surface area contributed by atoms with Crippen molar-refractivity contribution in [3.05, 3.63) is 0 Å². The summed E-state index contributed by atoms with van der Waals surface area (Å²) >= 11 is 0. The van der Waals surface area contributed by atoms with E-state index in [2.05, 4.69) is 5.32 Å². The summed E-state index contributed by atoms with van der Waals surface area (Å²) in [7, 11) is 0. The van der Waals surface area contributed by atoms with Crippen molar-refractivity contribution in [1.82, 2.24) is 10.2 Å². The smallest absolute Gasteiger partial charge is 0.328 e. The second kappa shape index (κ2) is 5.62. The number of hydrogen-bond donors (Lipinski definition) is 3. The van der Waals surface area contributed by atoms with Crippen LogP contribution in [0.25, 0.3) is 0 Å². The third-order valence-corrected chi connectivity index (χ3v) is 2.57. The summed E-state index contributed by atoms with van der Waals surface area (Å²) in [6.07, 6.45) is -0.0533. The normalized spacial score (nSPS) is 18.9. The first-order chi connectivity index (χ1) is 7.91. The first kappa shape index (κ1) is 13.4. The van der Waals surface area contributed by atoms with Crippen LogP contribution < -0.4 is 5.32 Å². The third kappa shape index (κ3) is 3.70. The van der Waals surface area contributed by atoms with Crippen LogP contribution in [-0.4, -0.2) is 58.1 Å². The standard InChI is InChI=1S/C10H16N2O5/c1-6(13)9(10(16)17)11-7(14)5-12-4-2-3-8(12)15/h6,9,13H,2-5H2,1H3,(H,11,14)(H,16,17)/t6-,9+/m1/s1. The molecule has 7 nitrogen and oxygen atoms in total. The van der Waals surface area contributed by atoms with Crippen molar-refractivity contribution >= 4 is 17.8 Å². The zero-order valence-corrected chi connectivity index (χ0v) is 9.55. The van der Waals surface area contributed by atoms with Gasteiger partial charge in [-0.15, -0.1) is 0 Å². The van der Waals surface area contributed by atoms with Crippen molar-refractivity contribution in [3.63, 3.8) is 0 Å². The average Bonchev–Trinajstić information content (AvgIpc) is 2.60. The van der Waals surface area contributed by atoms with E-state index in [1.165, 1.54) is 11.8 Å². The molecule has 0 aliphatic carbocycles. The van der Waals surface area contributed by atoms with Crippen LogP contribution in [0.1, 0.15) is 19.8 Å². The number of aliphatic hydroxyl groups excluding tert-OH is 1. The number of aliphatic carboxylic acids is 1. The van der Waals surface area contributed by atoms with Crippen LogP contribution in [0, 0.1) is 0 Å². The molecule has 1 rings (SSSR count). The zero-order valence-electron chi connectivity index (χ0n) is 9.55. The third-order valence-electron chi connectivity index (χ3n) is 2.57. The van der Waals surface area contributed by atoms with E-state index in [4.69, 9.17) is 10.2 Å². The highest BCUT2D eigenvalue weighted by Gasteiger charge is 2.27. The van der Waals surface area contributed by atoms with Crippen molar-refractivity contribution in [2.24, 2.45) is 0 Å². The van der Waals surface area contributed by atoms with Crippen LogP contribution in [-0.2, 0) is 14.4 Å². The number of carbonyl (C=O) groups is 3. The summed E-state index contributed by atoms with van der Waals surface area (Å²) in [6.45, 7) is 1.63. The van der Waals surface area contributed by atoms with Crippen molar-refractivity contribution in [1.29, 1.82) is 0 Å². The van der Waals surface area contributed by atoms with Gasteiger partial charge in [0.1, 0.15) is 0 Å². The molecule has 1 heterocycles. The molecule has 0 aromatic carbocycles. The second-order valence-corrected chi connectivity index (χ2v) is 4.04. The van der Waals surface area contributed by atoms with Gasteiger partial charge in [-0.1, -0.05) is 0 Å². The van der Waals surface area contributed by atoms with Crippen LogP contribution in [0.3, 0.4) is 0 Å². The van der Waals surface area contributed by atoms with Gasteiger partial charge in [0.15, 0.2) is 6.04 Å². The fourth-order valence-electron chi connectivity index (χ4n) is 1.65. The van der Waals surface area contributed by atoms with Gasteiger partial charge in [-0.3, -0.25) is 9.59 Å². The number of rotatable bonds is 5. The van der Waals surface area contributed by atoms with Gasteiger partial charge in [-0.05, 0) is 13.3 Å².